The van der Waals surface area contributed by atoms with Crippen molar-refractivity contribution in [3.05, 3.63) is 43.3 Å². The smallest absolute Gasteiger partial charge is 0.144 e. The third-order valence-corrected chi connectivity index (χ3v) is 4.16. The van der Waals surface area contributed by atoms with Gasteiger partial charge in [-0.15, -0.1) is 0 Å². The maximum absolute atomic E-state index is 13.3. The van der Waals surface area contributed by atoms with Crippen LogP contribution in [-0.2, 0) is 0 Å². The van der Waals surface area contributed by atoms with Gasteiger partial charge >= 0.3 is 0 Å². The fourth-order valence-electron chi connectivity index (χ4n) is 1.40. The van der Waals surface area contributed by atoms with Gasteiger partial charge in [-0.1, -0.05) is 28.1 Å². The molecular weight excluding hydrogens is 371 g/mol. The topological polar surface area (TPSA) is 28.7 Å². The second kappa shape index (κ2) is 4.96. The minimum atomic E-state index is -0.323. The van der Waals surface area contributed by atoms with E-state index in [-0.39, 0.29) is 5.82 Å². The maximum Gasteiger partial charge on any atom is 0.144 e. The van der Waals surface area contributed by atoms with Crippen molar-refractivity contribution in [3.63, 3.8) is 0 Å². The van der Waals surface area contributed by atoms with E-state index in [2.05, 4.69) is 41.8 Å². The minimum Gasteiger partial charge on any atom is -0.342 e. The molecule has 2 nitrogen and oxygen atoms in total. The molecule has 2 aromatic rings. The van der Waals surface area contributed by atoms with E-state index in [1.807, 2.05) is 6.92 Å². The van der Waals surface area contributed by atoms with Gasteiger partial charge in [-0.05, 0) is 41.1 Å². The molecule has 2 rings (SSSR count). The number of benzene rings is 1. The zero-order valence-corrected chi connectivity index (χ0v) is 12.7. The molecule has 0 aliphatic rings. The fourth-order valence-corrected chi connectivity index (χ4v) is 2.30. The van der Waals surface area contributed by atoms with Gasteiger partial charge in [0, 0.05) is 15.7 Å². The average molecular weight is 378 g/mol. The second-order valence-electron chi connectivity index (χ2n) is 3.49. The Morgan fingerprint density at radius 1 is 1.29 bits per heavy atom. The lowest BCUT2D eigenvalue weighted by Crippen LogP contribution is -1.94. The molecule has 0 spiro atoms. The first-order valence-electron chi connectivity index (χ1n) is 4.70. The quantitative estimate of drug-likeness (QED) is 0.724. The van der Waals surface area contributed by atoms with Gasteiger partial charge in [0.25, 0.3) is 0 Å². The van der Waals surface area contributed by atoms with Crippen LogP contribution in [-0.4, -0.2) is 9.97 Å². The molecule has 1 heterocycles. The summed E-state index contributed by atoms with van der Waals surface area (Å²) in [6.45, 7) is 1.87. The Kier molecular flexibility index (Phi) is 3.75. The van der Waals surface area contributed by atoms with Gasteiger partial charge in [-0.3, -0.25) is 0 Å². The standard InChI is InChI=1S/C11H7Br2FN2S/c1-5-9(13)11(17)16-10(15-5)6-2-7(12)4-8(14)3-6/h2-4H,1H3,(H,15,16,17). The Labute approximate surface area is 120 Å². The lowest BCUT2D eigenvalue weighted by molar-refractivity contribution is 0.627. The third kappa shape index (κ3) is 2.81. The summed E-state index contributed by atoms with van der Waals surface area (Å²) in [5.74, 6) is 0.229. The van der Waals surface area contributed by atoms with Crippen molar-refractivity contribution in [1.29, 1.82) is 0 Å². The van der Waals surface area contributed by atoms with Crippen LogP contribution >= 0.6 is 44.1 Å². The molecule has 0 aliphatic carbocycles. The zero-order valence-electron chi connectivity index (χ0n) is 8.72. The van der Waals surface area contributed by atoms with E-state index in [0.717, 1.165) is 10.2 Å². The number of aromatic nitrogens is 2. The van der Waals surface area contributed by atoms with Crippen molar-refractivity contribution in [2.75, 3.05) is 0 Å². The Morgan fingerprint density at radius 3 is 2.59 bits per heavy atom. The molecule has 0 saturated heterocycles. The Bertz CT molecular complexity index is 620. The first-order chi connectivity index (χ1) is 7.97. The number of halogens is 3. The predicted molar refractivity (Wildman–Crippen MR) is 75.0 cm³/mol. The van der Waals surface area contributed by atoms with Crippen LogP contribution in [0.3, 0.4) is 0 Å². The van der Waals surface area contributed by atoms with Gasteiger partial charge in [0.05, 0.1) is 4.47 Å². The van der Waals surface area contributed by atoms with Crippen LogP contribution in [0.15, 0.2) is 27.1 Å². The number of hydrogen-bond acceptors (Lipinski definition) is 2. The van der Waals surface area contributed by atoms with E-state index >= 15 is 0 Å². The van der Waals surface area contributed by atoms with Crippen molar-refractivity contribution < 1.29 is 4.39 Å². The van der Waals surface area contributed by atoms with Crippen LogP contribution in [0, 0.1) is 17.4 Å². The number of hydrogen-bond donors (Lipinski definition) is 1. The molecule has 1 aromatic carbocycles. The molecule has 1 aromatic heterocycles. The first kappa shape index (κ1) is 12.9. The third-order valence-electron chi connectivity index (χ3n) is 2.17. The predicted octanol–water partition coefficient (Wildman–Crippen LogP) is 4.78. The molecule has 0 amide bonds. The lowest BCUT2D eigenvalue weighted by atomic mass is 10.2. The molecule has 0 saturated carbocycles. The molecular formula is C11H7Br2FN2S. The van der Waals surface area contributed by atoms with Gasteiger partial charge in [0.15, 0.2) is 0 Å². The van der Waals surface area contributed by atoms with Crippen LogP contribution in [0.25, 0.3) is 11.4 Å². The van der Waals surface area contributed by atoms with E-state index < -0.39 is 0 Å². The number of H-pyrrole nitrogens is 1. The number of aromatic amines is 1. The van der Waals surface area contributed by atoms with Gasteiger partial charge in [0.1, 0.15) is 16.3 Å². The molecule has 0 bridgehead atoms. The summed E-state index contributed by atoms with van der Waals surface area (Å²) in [4.78, 5) is 7.29. The zero-order chi connectivity index (χ0) is 12.6. The van der Waals surface area contributed by atoms with Gasteiger partial charge < -0.3 is 4.98 Å². The number of nitrogens with zero attached hydrogens (tertiary/aromatic N) is 1. The summed E-state index contributed by atoms with van der Waals surface area (Å²) in [6.07, 6.45) is 0. The van der Waals surface area contributed by atoms with Gasteiger partial charge in [-0.2, -0.15) is 0 Å². The van der Waals surface area contributed by atoms with Crippen molar-refractivity contribution in [3.8, 4) is 11.4 Å². The van der Waals surface area contributed by atoms with Crippen LogP contribution in [0.1, 0.15) is 5.69 Å². The number of nitrogens with one attached hydrogen (secondary N) is 1. The van der Waals surface area contributed by atoms with Gasteiger partial charge in [-0.25, -0.2) is 9.37 Å². The van der Waals surface area contributed by atoms with Crippen molar-refractivity contribution >= 4 is 44.1 Å². The summed E-state index contributed by atoms with van der Waals surface area (Å²) in [5.41, 5.74) is 1.51. The molecule has 0 aliphatic heterocycles. The van der Waals surface area contributed by atoms with Gasteiger partial charge in [0.2, 0.25) is 0 Å². The summed E-state index contributed by atoms with van der Waals surface area (Å²) in [7, 11) is 0. The minimum absolute atomic E-state index is 0.323. The number of rotatable bonds is 1. The molecule has 0 fully saturated rings. The van der Waals surface area contributed by atoms with Crippen LogP contribution in [0.2, 0.25) is 0 Å². The van der Waals surface area contributed by atoms with E-state index in [4.69, 9.17) is 12.2 Å². The monoisotopic (exact) mass is 376 g/mol. The molecule has 1 N–H and O–H groups in total. The Hall–Kier alpha value is -0.590. The molecule has 17 heavy (non-hydrogen) atoms. The Balaban J connectivity index is 2.65. The van der Waals surface area contributed by atoms with E-state index in [0.29, 0.717) is 20.5 Å². The fraction of sp³-hybridized carbons (Fsp3) is 0.0909. The van der Waals surface area contributed by atoms with Crippen molar-refractivity contribution in [1.82, 2.24) is 9.97 Å². The normalized spacial score (nSPS) is 10.6. The molecule has 88 valence electrons. The largest absolute Gasteiger partial charge is 0.342 e. The summed E-state index contributed by atoms with van der Waals surface area (Å²) >= 11 is 11.7. The van der Waals surface area contributed by atoms with E-state index in [9.17, 15) is 4.39 Å². The highest BCUT2D eigenvalue weighted by atomic mass is 79.9. The molecule has 6 heteroatoms. The Morgan fingerprint density at radius 2 is 2.00 bits per heavy atom. The molecule has 0 unspecified atom stereocenters. The summed E-state index contributed by atoms with van der Waals surface area (Å²) < 4.78 is 15.2. The SMILES string of the molecule is Cc1[nH]c(-c2cc(F)cc(Br)c2)nc(=S)c1Br. The summed E-state index contributed by atoms with van der Waals surface area (Å²) in [5, 5.41) is 0. The average Bonchev–Trinajstić information content (AvgIpc) is 2.23. The highest BCUT2D eigenvalue weighted by Crippen LogP contribution is 2.24. The summed E-state index contributed by atoms with van der Waals surface area (Å²) in [6, 6.07) is 4.58. The highest BCUT2D eigenvalue weighted by molar-refractivity contribution is 9.10. The van der Waals surface area contributed by atoms with Crippen molar-refractivity contribution in [2.24, 2.45) is 0 Å². The van der Waals surface area contributed by atoms with Crippen LogP contribution in [0.4, 0.5) is 4.39 Å². The first-order valence-corrected chi connectivity index (χ1v) is 6.69. The number of aryl methyl sites for hydroxylation is 1. The second-order valence-corrected chi connectivity index (χ2v) is 5.58. The molecule has 0 atom stereocenters. The van der Waals surface area contributed by atoms with Crippen molar-refractivity contribution in [2.45, 2.75) is 6.92 Å². The van der Waals surface area contributed by atoms with E-state index in [1.54, 1.807) is 6.07 Å². The van der Waals surface area contributed by atoms with Crippen LogP contribution < -0.4 is 0 Å². The highest BCUT2D eigenvalue weighted by Gasteiger charge is 2.07. The lowest BCUT2D eigenvalue weighted by Gasteiger charge is -2.05. The molecule has 0 radical (unpaired) electrons. The van der Waals surface area contributed by atoms with E-state index in [1.165, 1.54) is 12.1 Å². The van der Waals surface area contributed by atoms with Crippen LogP contribution in [0.5, 0.6) is 0 Å². The maximum atomic E-state index is 13.3.